The third-order valence-corrected chi connectivity index (χ3v) is 5.95. The smallest absolute Gasteiger partial charge is 0.271 e. The molecule has 20 heavy (non-hydrogen) atoms. The maximum atomic E-state index is 12.1. The van der Waals surface area contributed by atoms with Crippen LogP contribution in [0, 0.1) is 0 Å². The second-order valence-corrected chi connectivity index (χ2v) is 7.37. The van der Waals surface area contributed by atoms with Crippen LogP contribution in [0.2, 0.25) is 0 Å². The first-order chi connectivity index (χ1) is 9.47. The molecule has 0 spiro atoms. The minimum Gasteiger partial charge on any atom is -0.315 e. The van der Waals surface area contributed by atoms with Crippen LogP contribution in [0.3, 0.4) is 0 Å². The predicted octanol–water partition coefficient (Wildman–Crippen LogP) is 2.07. The van der Waals surface area contributed by atoms with Crippen LogP contribution in [0.25, 0.3) is 0 Å². The summed E-state index contributed by atoms with van der Waals surface area (Å²) in [7, 11) is -1.83. The van der Waals surface area contributed by atoms with Crippen molar-refractivity contribution < 1.29 is 13.2 Å². The van der Waals surface area contributed by atoms with Crippen LogP contribution in [0.4, 0.5) is 11.4 Å². The Bertz CT molecular complexity index is 767. The molecular formula is C13H12N2O3S2. The second kappa shape index (κ2) is 4.60. The molecule has 1 aliphatic heterocycles. The summed E-state index contributed by atoms with van der Waals surface area (Å²) in [6, 6.07) is 8.38. The number of sulfonamides is 1. The summed E-state index contributed by atoms with van der Waals surface area (Å²) in [6.07, 6.45) is 0.306. The minimum atomic E-state index is -3.54. The fourth-order valence-corrected chi connectivity index (χ4v) is 4.20. The van der Waals surface area contributed by atoms with Gasteiger partial charge in [-0.25, -0.2) is 8.42 Å². The number of nitrogens with one attached hydrogen (secondary N) is 1. The molecule has 0 fully saturated rings. The van der Waals surface area contributed by atoms with E-state index >= 15 is 0 Å². The third kappa shape index (κ3) is 2.19. The zero-order chi connectivity index (χ0) is 14.3. The molecule has 0 saturated heterocycles. The molecule has 5 nitrogen and oxygen atoms in total. The number of hydrogen-bond acceptors (Lipinski definition) is 4. The monoisotopic (exact) mass is 308 g/mol. The summed E-state index contributed by atoms with van der Waals surface area (Å²) in [5.74, 6) is 0.0123. The lowest BCUT2D eigenvalue weighted by Gasteiger charge is -2.11. The van der Waals surface area contributed by atoms with Gasteiger partial charge in [0, 0.05) is 18.4 Å². The fraction of sp³-hybridized carbons (Fsp3) is 0.154. The van der Waals surface area contributed by atoms with Crippen molar-refractivity contribution in [1.29, 1.82) is 0 Å². The molecule has 1 amide bonds. The van der Waals surface area contributed by atoms with Crippen molar-refractivity contribution in [1.82, 2.24) is 0 Å². The number of benzene rings is 1. The highest BCUT2D eigenvalue weighted by Crippen LogP contribution is 2.31. The highest BCUT2D eigenvalue weighted by molar-refractivity contribution is 7.94. The second-order valence-electron chi connectivity index (χ2n) is 4.51. The molecule has 1 aromatic carbocycles. The number of likely N-dealkylation sites (N-methyl/N-ethyl adjacent to an activating group) is 1. The van der Waals surface area contributed by atoms with Gasteiger partial charge in [-0.05, 0) is 35.2 Å². The highest BCUT2D eigenvalue weighted by Gasteiger charge is 2.24. The first-order valence-electron chi connectivity index (χ1n) is 5.93. The van der Waals surface area contributed by atoms with Gasteiger partial charge in [0.2, 0.25) is 5.91 Å². The zero-order valence-electron chi connectivity index (χ0n) is 10.7. The Morgan fingerprint density at radius 2 is 2.10 bits per heavy atom. The normalized spacial score (nSPS) is 14.4. The summed E-state index contributed by atoms with van der Waals surface area (Å²) in [6.45, 7) is 0. The molecule has 0 unspecified atom stereocenters. The Morgan fingerprint density at radius 3 is 2.80 bits per heavy atom. The van der Waals surface area contributed by atoms with E-state index in [1.165, 1.54) is 0 Å². The predicted molar refractivity (Wildman–Crippen MR) is 78.7 cm³/mol. The molecule has 0 aliphatic carbocycles. The maximum absolute atomic E-state index is 12.1. The van der Waals surface area contributed by atoms with Crippen molar-refractivity contribution in [2.75, 3.05) is 16.7 Å². The van der Waals surface area contributed by atoms with Crippen LogP contribution >= 0.6 is 11.3 Å². The summed E-state index contributed by atoms with van der Waals surface area (Å²) < 4.78 is 27.0. The van der Waals surface area contributed by atoms with Gasteiger partial charge in [-0.15, -0.1) is 11.3 Å². The Kier molecular flexibility index (Phi) is 3.02. The Balaban J connectivity index is 1.91. The standard InChI is InChI=1S/C13H12N2O3S2/c1-15-11-5-4-10(7-9(11)8-12(15)16)14-20(17,18)13-3-2-6-19-13/h2-7,14H,8H2,1H3. The number of rotatable bonds is 3. The molecule has 104 valence electrons. The molecule has 2 aromatic rings. The molecule has 1 N–H and O–H groups in total. The van der Waals surface area contributed by atoms with Crippen LogP contribution in [0.5, 0.6) is 0 Å². The van der Waals surface area contributed by atoms with E-state index in [4.69, 9.17) is 0 Å². The van der Waals surface area contributed by atoms with Crippen molar-refractivity contribution in [3.05, 3.63) is 41.3 Å². The number of anilines is 2. The van der Waals surface area contributed by atoms with E-state index in [1.807, 2.05) is 0 Å². The van der Waals surface area contributed by atoms with Crippen molar-refractivity contribution in [2.24, 2.45) is 0 Å². The molecule has 0 atom stereocenters. The summed E-state index contributed by atoms with van der Waals surface area (Å²) >= 11 is 1.16. The largest absolute Gasteiger partial charge is 0.315 e. The summed E-state index contributed by atoms with van der Waals surface area (Å²) in [4.78, 5) is 13.2. The average molecular weight is 308 g/mol. The maximum Gasteiger partial charge on any atom is 0.271 e. The first-order valence-corrected chi connectivity index (χ1v) is 8.29. The topological polar surface area (TPSA) is 66.5 Å². The first kappa shape index (κ1) is 13.1. The van der Waals surface area contributed by atoms with Crippen LogP contribution < -0.4 is 9.62 Å². The lowest BCUT2D eigenvalue weighted by Crippen LogP contribution is -2.20. The summed E-state index contributed by atoms with van der Waals surface area (Å²) in [5.41, 5.74) is 2.14. The molecule has 0 saturated carbocycles. The molecule has 3 rings (SSSR count). The third-order valence-electron chi connectivity index (χ3n) is 3.17. The van der Waals surface area contributed by atoms with E-state index in [0.717, 1.165) is 22.6 Å². The molecule has 0 bridgehead atoms. The zero-order valence-corrected chi connectivity index (χ0v) is 12.3. The SMILES string of the molecule is CN1C(=O)Cc2cc(NS(=O)(=O)c3cccs3)ccc21. The number of thiophene rings is 1. The van der Waals surface area contributed by atoms with E-state index < -0.39 is 10.0 Å². The Morgan fingerprint density at radius 1 is 1.30 bits per heavy atom. The van der Waals surface area contributed by atoms with Gasteiger partial charge in [0.25, 0.3) is 10.0 Å². The van der Waals surface area contributed by atoms with Gasteiger partial charge in [-0.1, -0.05) is 6.07 Å². The van der Waals surface area contributed by atoms with Gasteiger partial charge in [0.1, 0.15) is 4.21 Å². The van der Waals surface area contributed by atoms with Crippen molar-refractivity contribution >= 4 is 38.6 Å². The van der Waals surface area contributed by atoms with E-state index in [1.54, 1.807) is 47.7 Å². The van der Waals surface area contributed by atoms with Gasteiger partial charge in [-0.3, -0.25) is 9.52 Å². The minimum absolute atomic E-state index is 0.0123. The van der Waals surface area contributed by atoms with Crippen LogP contribution in [0.15, 0.2) is 39.9 Å². The van der Waals surface area contributed by atoms with E-state index in [2.05, 4.69) is 4.72 Å². The lowest BCUT2D eigenvalue weighted by atomic mass is 10.1. The van der Waals surface area contributed by atoms with E-state index in [-0.39, 0.29) is 10.1 Å². The Hall–Kier alpha value is -1.86. The number of carbonyl (C=O) groups is 1. The van der Waals surface area contributed by atoms with Gasteiger partial charge < -0.3 is 4.90 Å². The van der Waals surface area contributed by atoms with Crippen LogP contribution in [-0.4, -0.2) is 21.4 Å². The van der Waals surface area contributed by atoms with Gasteiger partial charge in [0.15, 0.2) is 0 Å². The highest BCUT2D eigenvalue weighted by atomic mass is 32.2. The van der Waals surface area contributed by atoms with E-state index in [9.17, 15) is 13.2 Å². The quantitative estimate of drug-likeness (QED) is 0.944. The lowest BCUT2D eigenvalue weighted by molar-refractivity contribution is -0.117. The summed E-state index contributed by atoms with van der Waals surface area (Å²) in [5, 5.41) is 1.71. The Labute approximate surface area is 120 Å². The van der Waals surface area contributed by atoms with Crippen molar-refractivity contribution in [3.63, 3.8) is 0 Å². The molecule has 7 heteroatoms. The fourth-order valence-electron chi connectivity index (χ4n) is 2.16. The van der Waals surface area contributed by atoms with Gasteiger partial charge in [0.05, 0.1) is 6.42 Å². The van der Waals surface area contributed by atoms with Crippen molar-refractivity contribution in [2.45, 2.75) is 10.6 Å². The van der Waals surface area contributed by atoms with Gasteiger partial charge >= 0.3 is 0 Å². The van der Waals surface area contributed by atoms with Gasteiger partial charge in [-0.2, -0.15) is 0 Å². The van der Waals surface area contributed by atoms with E-state index in [0.29, 0.717) is 12.1 Å². The number of carbonyl (C=O) groups excluding carboxylic acids is 1. The molecule has 1 aliphatic rings. The number of nitrogens with zero attached hydrogens (tertiary/aromatic N) is 1. The van der Waals surface area contributed by atoms with Crippen LogP contribution in [0.1, 0.15) is 5.56 Å². The number of fused-ring (bicyclic) bond motifs is 1. The number of hydrogen-bond donors (Lipinski definition) is 1. The molecule has 2 heterocycles. The average Bonchev–Trinajstić information content (AvgIpc) is 2.99. The molecular weight excluding hydrogens is 296 g/mol. The van der Waals surface area contributed by atoms with Crippen molar-refractivity contribution in [3.8, 4) is 0 Å². The molecule has 1 aromatic heterocycles. The number of amides is 1. The van der Waals surface area contributed by atoms with Crippen LogP contribution in [-0.2, 0) is 21.2 Å². The molecule has 0 radical (unpaired) electrons.